The van der Waals surface area contributed by atoms with E-state index in [0.29, 0.717) is 0 Å². The molecule has 1 aliphatic rings. The normalized spacial score (nSPS) is 13.9. The van der Waals surface area contributed by atoms with Gasteiger partial charge in [-0.1, -0.05) is 156 Å². The van der Waals surface area contributed by atoms with Gasteiger partial charge in [-0.3, -0.25) is 0 Å². The molecule has 0 N–H and O–H groups in total. The van der Waals surface area contributed by atoms with E-state index in [1.165, 1.54) is 66.1 Å². The highest BCUT2D eigenvalue weighted by Crippen LogP contribution is 2.46. The van der Waals surface area contributed by atoms with Crippen LogP contribution in [0.2, 0.25) is 0 Å². The van der Waals surface area contributed by atoms with E-state index in [9.17, 15) is 0 Å². The first-order valence-electron chi connectivity index (χ1n) is 16.2. The van der Waals surface area contributed by atoms with Gasteiger partial charge < -0.3 is 0 Å². The molecule has 0 saturated heterocycles. The summed E-state index contributed by atoms with van der Waals surface area (Å²) in [7, 11) is 0. The molecule has 1 heterocycles. The minimum atomic E-state index is 0.0173. The number of rotatable bonds is 5. The Morgan fingerprint density at radius 3 is 1.55 bits per heavy atom. The molecule has 9 rings (SSSR count). The minimum absolute atomic E-state index is 0.0173. The Bertz CT molecular complexity index is 2430. The van der Waals surface area contributed by atoms with E-state index in [2.05, 4.69) is 187 Å². The average Bonchev–Trinajstić information content (AvgIpc) is 3.54. The summed E-state index contributed by atoms with van der Waals surface area (Å²) in [6, 6.07) is 65.5. The molecule has 0 bridgehead atoms. The molecule has 0 aromatic heterocycles. The lowest BCUT2D eigenvalue weighted by Crippen LogP contribution is -2.10. The number of hydrogen-bond donors (Lipinski definition) is 0. The number of fused-ring (bicyclic) bond motifs is 3. The predicted molar refractivity (Wildman–Crippen MR) is 194 cm³/mol. The third-order valence-electron chi connectivity index (χ3n) is 9.42. The van der Waals surface area contributed by atoms with Gasteiger partial charge in [-0.05, 0) is 73.1 Å². The van der Waals surface area contributed by atoms with Gasteiger partial charge >= 0.3 is 0 Å². The summed E-state index contributed by atoms with van der Waals surface area (Å²) in [6.07, 6.45) is 0. The maximum atomic E-state index is 5.02. The SMILES string of the molecule is c1ccc(-c2c3ccccc3c(-c3ccccc3)c3cc(-c4ccc(C5c6ccccc6N=[N+]5c5ccccc5)cc4)ccc23)cc1. The van der Waals surface area contributed by atoms with Gasteiger partial charge in [-0.25, -0.2) is 0 Å². The van der Waals surface area contributed by atoms with Gasteiger partial charge in [-0.2, -0.15) is 0 Å². The van der Waals surface area contributed by atoms with Crippen LogP contribution in [0.25, 0.3) is 54.9 Å². The van der Waals surface area contributed by atoms with E-state index in [-0.39, 0.29) is 6.04 Å². The van der Waals surface area contributed by atoms with Crippen molar-refractivity contribution in [2.45, 2.75) is 6.04 Å². The summed E-state index contributed by atoms with van der Waals surface area (Å²) in [4.78, 5) is 0. The second-order valence-electron chi connectivity index (χ2n) is 12.2. The van der Waals surface area contributed by atoms with Crippen LogP contribution in [-0.2, 0) is 0 Å². The van der Waals surface area contributed by atoms with Crippen LogP contribution >= 0.6 is 0 Å². The fourth-order valence-corrected chi connectivity index (χ4v) is 7.27. The number of hydrogen-bond acceptors (Lipinski definition) is 1. The van der Waals surface area contributed by atoms with Gasteiger partial charge in [0.05, 0.1) is 5.56 Å². The van der Waals surface area contributed by atoms with Gasteiger partial charge in [0, 0.05) is 22.8 Å². The molecule has 2 heteroatoms. The second kappa shape index (κ2) is 11.3. The molecule has 1 aliphatic heterocycles. The molecular weight excluding hydrogens is 569 g/mol. The first-order valence-corrected chi connectivity index (χ1v) is 16.2. The maximum Gasteiger partial charge on any atom is 0.237 e. The first-order chi connectivity index (χ1) is 23.3. The molecule has 1 unspecified atom stereocenters. The van der Waals surface area contributed by atoms with Crippen molar-refractivity contribution in [2.24, 2.45) is 5.11 Å². The maximum absolute atomic E-state index is 5.02. The van der Waals surface area contributed by atoms with Crippen LogP contribution in [0, 0.1) is 0 Å². The lowest BCUT2D eigenvalue weighted by Gasteiger charge is -2.19. The number of azo groups is 2. The second-order valence-corrected chi connectivity index (χ2v) is 12.2. The van der Waals surface area contributed by atoms with Crippen molar-refractivity contribution in [3.8, 4) is 33.4 Å². The van der Waals surface area contributed by atoms with Gasteiger partial charge in [0.15, 0.2) is 0 Å². The Morgan fingerprint density at radius 2 is 0.894 bits per heavy atom. The molecule has 0 saturated carbocycles. The van der Waals surface area contributed by atoms with Crippen LogP contribution in [-0.4, -0.2) is 4.70 Å². The van der Waals surface area contributed by atoms with E-state index < -0.39 is 0 Å². The van der Waals surface area contributed by atoms with Crippen LogP contribution in [0.4, 0.5) is 11.4 Å². The topological polar surface area (TPSA) is 15.4 Å². The minimum Gasteiger partial charge on any atom is -0.0722 e. The Kier molecular flexibility index (Phi) is 6.57. The molecule has 0 fully saturated rings. The molecule has 2 nitrogen and oxygen atoms in total. The summed E-state index contributed by atoms with van der Waals surface area (Å²) >= 11 is 0. The van der Waals surface area contributed by atoms with Crippen molar-refractivity contribution in [1.29, 1.82) is 0 Å². The van der Waals surface area contributed by atoms with Gasteiger partial charge in [0.25, 0.3) is 0 Å². The molecular formula is C45H31N2+. The smallest absolute Gasteiger partial charge is 0.0722 e. The monoisotopic (exact) mass is 599 g/mol. The lowest BCUT2D eigenvalue weighted by atomic mass is 9.85. The highest BCUT2D eigenvalue weighted by Gasteiger charge is 2.37. The number of benzene rings is 8. The molecule has 0 amide bonds. The predicted octanol–water partition coefficient (Wildman–Crippen LogP) is 12.5. The molecule has 0 radical (unpaired) electrons. The van der Waals surface area contributed by atoms with E-state index in [0.717, 1.165) is 11.4 Å². The zero-order valence-corrected chi connectivity index (χ0v) is 25.8. The summed E-state index contributed by atoms with van der Waals surface area (Å²) in [5, 5.41) is 10.1. The van der Waals surface area contributed by atoms with Crippen LogP contribution in [0.3, 0.4) is 0 Å². The van der Waals surface area contributed by atoms with E-state index >= 15 is 0 Å². The largest absolute Gasteiger partial charge is 0.237 e. The molecule has 220 valence electrons. The molecule has 1 atom stereocenters. The van der Waals surface area contributed by atoms with Crippen LogP contribution in [0.15, 0.2) is 187 Å². The highest BCUT2D eigenvalue weighted by molar-refractivity contribution is 6.21. The number of nitrogens with zero attached hydrogens (tertiary/aromatic N) is 2. The third kappa shape index (κ3) is 4.65. The van der Waals surface area contributed by atoms with Crippen molar-refractivity contribution in [3.63, 3.8) is 0 Å². The molecule has 8 aromatic carbocycles. The van der Waals surface area contributed by atoms with Crippen LogP contribution < -0.4 is 0 Å². The van der Waals surface area contributed by atoms with Crippen molar-refractivity contribution in [3.05, 3.63) is 193 Å². The van der Waals surface area contributed by atoms with Gasteiger partial charge in [0.2, 0.25) is 11.7 Å². The van der Waals surface area contributed by atoms with Crippen molar-refractivity contribution in [1.82, 2.24) is 0 Å². The van der Waals surface area contributed by atoms with Crippen molar-refractivity contribution >= 4 is 32.9 Å². The Labute approximate surface area is 274 Å². The molecule has 0 spiro atoms. The lowest BCUT2D eigenvalue weighted by molar-refractivity contribution is -0.536. The van der Waals surface area contributed by atoms with Crippen molar-refractivity contribution < 1.29 is 4.70 Å². The van der Waals surface area contributed by atoms with Crippen LogP contribution in [0.5, 0.6) is 0 Å². The molecule has 8 aromatic rings. The zero-order valence-electron chi connectivity index (χ0n) is 25.8. The third-order valence-corrected chi connectivity index (χ3v) is 9.42. The Balaban J connectivity index is 1.21. The summed E-state index contributed by atoms with van der Waals surface area (Å²) < 4.78 is 2.15. The van der Waals surface area contributed by atoms with Crippen LogP contribution in [0.1, 0.15) is 17.2 Å². The summed E-state index contributed by atoms with van der Waals surface area (Å²) in [5.74, 6) is 0. The highest BCUT2D eigenvalue weighted by atomic mass is 15.3. The fourth-order valence-electron chi connectivity index (χ4n) is 7.27. The van der Waals surface area contributed by atoms with Crippen molar-refractivity contribution in [2.75, 3.05) is 0 Å². The Hall–Kier alpha value is -6.12. The van der Waals surface area contributed by atoms with E-state index in [1.54, 1.807) is 0 Å². The van der Waals surface area contributed by atoms with E-state index in [4.69, 9.17) is 5.11 Å². The summed E-state index contributed by atoms with van der Waals surface area (Å²) in [5.41, 5.74) is 12.0. The number of para-hydroxylation sites is 1. The Morgan fingerprint density at radius 1 is 0.383 bits per heavy atom. The van der Waals surface area contributed by atoms with Gasteiger partial charge in [0.1, 0.15) is 5.69 Å². The molecule has 0 aliphatic carbocycles. The van der Waals surface area contributed by atoms with Gasteiger partial charge in [-0.15, -0.1) is 0 Å². The summed E-state index contributed by atoms with van der Waals surface area (Å²) in [6.45, 7) is 0. The first kappa shape index (κ1) is 27.2. The van der Waals surface area contributed by atoms with E-state index in [1.807, 2.05) is 0 Å². The quantitative estimate of drug-likeness (QED) is 0.138. The average molecular weight is 600 g/mol. The zero-order chi connectivity index (χ0) is 31.2. The molecule has 47 heavy (non-hydrogen) atoms. The standard InChI is InChI=1S/C45H31N2/c1-4-14-32(15-5-1)43-37-20-10-11-21-38(37)44(33-16-6-2-7-17-33)41-30-35(28-29-39(41)43)31-24-26-34(27-25-31)45-40-22-12-13-23-42(40)46-47(45)36-18-8-3-9-19-36/h1-30,45H/q+1. The fraction of sp³-hybridized carbons (Fsp3) is 0.0222.